The topological polar surface area (TPSA) is 82.5 Å². The molecule has 0 bridgehead atoms. The van der Waals surface area contributed by atoms with Crippen molar-refractivity contribution in [3.05, 3.63) is 23.9 Å². The number of hydrogen-bond acceptors (Lipinski definition) is 4. The van der Waals surface area contributed by atoms with Crippen LogP contribution in [0.2, 0.25) is 0 Å². The highest BCUT2D eigenvalue weighted by Crippen LogP contribution is 2.06. The van der Waals surface area contributed by atoms with Crippen LogP contribution in [-0.4, -0.2) is 47.5 Å². The predicted molar refractivity (Wildman–Crippen MR) is 63.0 cm³/mol. The van der Waals surface area contributed by atoms with Gasteiger partial charge in [0.05, 0.1) is 5.56 Å². The molecule has 1 rings (SSSR count). The summed E-state index contributed by atoms with van der Waals surface area (Å²) in [7, 11) is 3.37. The molecule has 0 saturated heterocycles. The molecule has 0 aromatic carbocycles. The molecule has 0 radical (unpaired) electrons. The summed E-state index contributed by atoms with van der Waals surface area (Å²) in [4.78, 5) is 27.5. The number of rotatable bonds is 5. The molecule has 2 N–H and O–H groups in total. The first kappa shape index (κ1) is 13.0. The highest BCUT2D eigenvalue weighted by molar-refractivity contribution is 5.88. The number of amides is 1. The summed E-state index contributed by atoms with van der Waals surface area (Å²) >= 11 is 0. The zero-order chi connectivity index (χ0) is 12.8. The van der Waals surface area contributed by atoms with Gasteiger partial charge in [0.1, 0.15) is 5.82 Å². The molecular weight excluding hydrogens is 222 g/mol. The molecule has 1 aromatic rings. The SMILES string of the molecule is CN(C)C(=O)CCNc1cc(C(=O)O)ccn1. The van der Waals surface area contributed by atoms with E-state index in [1.54, 1.807) is 14.1 Å². The maximum atomic E-state index is 11.3. The summed E-state index contributed by atoms with van der Waals surface area (Å²) in [6.45, 7) is 0.424. The zero-order valence-corrected chi connectivity index (χ0v) is 9.80. The molecule has 0 unspecified atom stereocenters. The van der Waals surface area contributed by atoms with Crippen molar-refractivity contribution in [2.75, 3.05) is 26.0 Å². The maximum Gasteiger partial charge on any atom is 0.335 e. The van der Waals surface area contributed by atoms with Crippen LogP contribution in [0.5, 0.6) is 0 Å². The second-order valence-corrected chi connectivity index (χ2v) is 3.70. The third-order valence-electron chi connectivity index (χ3n) is 2.15. The lowest BCUT2D eigenvalue weighted by Crippen LogP contribution is -2.24. The molecule has 0 aliphatic carbocycles. The number of anilines is 1. The summed E-state index contributed by atoms with van der Waals surface area (Å²) < 4.78 is 0. The molecule has 0 fully saturated rings. The van der Waals surface area contributed by atoms with Crippen molar-refractivity contribution < 1.29 is 14.7 Å². The van der Waals surface area contributed by atoms with E-state index in [1.165, 1.54) is 23.2 Å². The van der Waals surface area contributed by atoms with Crippen LogP contribution < -0.4 is 5.32 Å². The average Bonchev–Trinajstić information content (AvgIpc) is 2.29. The maximum absolute atomic E-state index is 11.3. The van der Waals surface area contributed by atoms with Crippen LogP contribution in [0.1, 0.15) is 16.8 Å². The number of aromatic nitrogens is 1. The van der Waals surface area contributed by atoms with E-state index >= 15 is 0 Å². The van der Waals surface area contributed by atoms with E-state index in [0.717, 1.165) is 0 Å². The summed E-state index contributed by atoms with van der Waals surface area (Å²) in [5.74, 6) is -0.539. The van der Waals surface area contributed by atoms with Crippen molar-refractivity contribution in [3.63, 3.8) is 0 Å². The number of carbonyl (C=O) groups is 2. The summed E-state index contributed by atoms with van der Waals surface area (Å²) in [6, 6.07) is 2.85. The molecule has 0 spiro atoms. The Hall–Kier alpha value is -2.11. The molecule has 6 heteroatoms. The smallest absolute Gasteiger partial charge is 0.335 e. The first-order valence-electron chi connectivity index (χ1n) is 5.14. The van der Waals surface area contributed by atoms with E-state index in [2.05, 4.69) is 10.3 Å². The molecule has 0 aliphatic heterocycles. The fourth-order valence-corrected chi connectivity index (χ4v) is 1.18. The molecule has 1 amide bonds. The highest BCUT2D eigenvalue weighted by Gasteiger charge is 2.05. The molecule has 1 heterocycles. The summed E-state index contributed by atoms with van der Waals surface area (Å²) in [6.07, 6.45) is 1.76. The lowest BCUT2D eigenvalue weighted by Gasteiger charge is -2.10. The van der Waals surface area contributed by atoms with Gasteiger partial charge in [-0.1, -0.05) is 0 Å². The molecule has 0 atom stereocenters. The Balaban J connectivity index is 2.50. The van der Waals surface area contributed by atoms with Gasteiger partial charge in [-0.05, 0) is 12.1 Å². The number of nitrogens with one attached hydrogen (secondary N) is 1. The molecule has 6 nitrogen and oxygen atoms in total. The van der Waals surface area contributed by atoms with Crippen LogP contribution >= 0.6 is 0 Å². The number of carbonyl (C=O) groups excluding carboxylic acids is 1. The van der Waals surface area contributed by atoms with E-state index < -0.39 is 5.97 Å². The normalized spacial score (nSPS) is 9.76. The van der Waals surface area contributed by atoms with Gasteiger partial charge >= 0.3 is 5.97 Å². The monoisotopic (exact) mass is 237 g/mol. The Morgan fingerprint density at radius 1 is 1.47 bits per heavy atom. The van der Waals surface area contributed by atoms with Crippen LogP contribution in [0.15, 0.2) is 18.3 Å². The predicted octanol–water partition coefficient (Wildman–Crippen LogP) is 0.670. The van der Waals surface area contributed by atoms with Crippen molar-refractivity contribution in [1.29, 1.82) is 0 Å². The summed E-state index contributed by atoms with van der Waals surface area (Å²) in [5.41, 5.74) is 0.168. The molecule has 0 saturated carbocycles. The number of carboxylic acids is 1. The molecule has 0 aliphatic rings. The molecule has 1 aromatic heterocycles. The van der Waals surface area contributed by atoms with E-state index in [0.29, 0.717) is 18.8 Å². The lowest BCUT2D eigenvalue weighted by atomic mass is 10.2. The Morgan fingerprint density at radius 3 is 2.76 bits per heavy atom. The van der Waals surface area contributed by atoms with Gasteiger partial charge in [-0.3, -0.25) is 4.79 Å². The van der Waals surface area contributed by atoms with Crippen LogP contribution in [-0.2, 0) is 4.79 Å². The van der Waals surface area contributed by atoms with Crippen molar-refractivity contribution in [3.8, 4) is 0 Å². The standard InChI is InChI=1S/C11H15N3O3/c1-14(2)10(15)4-6-13-9-7-8(11(16)17)3-5-12-9/h3,5,7H,4,6H2,1-2H3,(H,12,13)(H,16,17). The van der Waals surface area contributed by atoms with Crippen molar-refractivity contribution in [2.24, 2.45) is 0 Å². The number of aromatic carboxylic acids is 1. The fraction of sp³-hybridized carbons (Fsp3) is 0.364. The Bertz CT molecular complexity index is 418. The quantitative estimate of drug-likeness (QED) is 0.786. The van der Waals surface area contributed by atoms with Gasteiger partial charge in [0.15, 0.2) is 0 Å². The average molecular weight is 237 g/mol. The first-order valence-corrected chi connectivity index (χ1v) is 5.14. The largest absolute Gasteiger partial charge is 0.478 e. The van der Waals surface area contributed by atoms with Crippen molar-refractivity contribution in [2.45, 2.75) is 6.42 Å². The Morgan fingerprint density at radius 2 is 2.18 bits per heavy atom. The van der Waals surface area contributed by atoms with Gasteiger partial charge < -0.3 is 15.3 Å². The van der Waals surface area contributed by atoms with Gasteiger partial charge in [0, 0.05) is 33.3 Å². The van der Waals surface area contributed by atoms with Gasteiger partial charge in [0.2, 0.25) is 5.91 Å². The molecule has 17 heavy (non-hydrogen) atoms. The van der Waals surface area contributed by atoms with Gasteiger partial charge in [-0.2, -0.15) is 0 Å². The van der Waals surface area contributed by atoms with Crippen LogP contribution in [0, 0.1) is 0 Å². The van der Waals surface area contributed by atoms with Crippen LogP contribution in [0.4, 0.5) is 5.82 Å². The van der Waals surface area contributed by atoms with Gasteiger partial charge in [-0.15, -0.1) is 0 Å². The molecule has 92 valence electrons. The lowest BCUT2D eigenvalue weighted by molar-refractivity contribution is -0.128. The number of hydrogen-bond donors (Lipinski definition) is 2. The van der Waals surface area contributed by atoms with E-state index in [1.807, 2.05) is 0 Å². The minimum atomic E-state index is -1.00. The van der Waals surface area contributed by atoms with Crippen LogP contribution in [0.25, 0.3) is 0 Å². The second kappa shape index (κ2) is 5.83. The molecular formula is C11H15N3O3. The zero-order valence-electron chi connectivity index (χ0n) is 9.80. The number of pyridine rings is 1. The first-order chi connectivity index (χ1) is 8.00. The van der Waals surface area contributed by atoms with Crippen molar-refractivity contribution >= 4 is 17.7 Å². The minimum Gasteiger partial charge on any atom is -0.478 e. The Labute approximate surface area is 99.3 Å². The summed E-state index contributed by atoms with van der Waals surface area (Å²) in [5, 5.41) is 11.7. The van der Waals surface area contributed by atoms with Gasteiger partial charge in [-0.25, -0.2) is 9.78 Å². The van der Waals surface area contributed by atoms with E-state index in [-0.39, 0.29) is 11.5 Å². The number of carboxylic acid groups (broad SMARTS) is 1. The highest BCUT2D eigenvalue weighted by atomic mass is 16.4. The van der Waals surface area contributed by atoms with Gasteiger partial charge in [0.25, 0.3) is 0 Å². The van der Waals surface area contributed by atoms with E-state index in [4.69, 9.17) is 5.11 Å². The van der Waals surface area contributed by atoms with E-state index in [9.17, 15) is 9.59 Å². The third-order valence-corrected chi connectivity index (χ3v) is 2.15. The van der Waals surface area contributed by atoms with Crippen LogP contribution in [0.3, 0.4) is 0 Å². The third kappa shape index (κ3) is 4.10. The van der Waals surface area contributed by atoms with Crippen molar-refractivity contribution in [1.82, 2.24) is 9.88 Å². The fourth-order valence-electron chi connectivity index (χ4n) is 1.18. The number of nitrogens with zero attached hydrogens (tertiary/aromatic N) is 2. The minimum absolute atomic E-state index is 0.00638. The second-order valence-electron chi connectivity index (χ2n) is 3.70. The Kier molecular flexibility index (Phi) is 4.45.